The largest absolute Gasteiger partial charge is 1.00 e. The molecule has 5 heteroatoms. The Labute approximate surface area is 198 Å². The van der Waals surface area contributed by atoms with Crippen LogP contribution in [-0.2, 0) is 22.9 Å². The molecular weight excluding hydrogens is 563 g/mol. The summed E-state index contributed by atoms with van der Waals surface area (Å²) < 4.78 is 2.38. The van der Waals surface area contributed by atoms with Gasteiger partial charge in [0.15, 0.2) is 0 Å². The number of rotatable bonds is 14. The number of benzene rings is 1. The first-order chi connectivity index (χ1) is 11.7. The first kappa shape index (κ1) is 32.3. The van der Waals surface area contributed by atoms with E-state index in [4.69, 9.17) is 0 Å². The van der Waals surface area contributed by atoms with Crippen LogP contribution in [0.1, 0.15) is 67.5 Å². The summed E-state index contributed by atoms with van der Waals surface area (Å²) in [4.78, 5) is 2.34. The van der Waals surface area contributed by atoms with Crippen molar-refractivity contribution < 1.29 is 60.1 Å². The maximum Gasteiger partial charge on any atom is -1.00 e. The van der Waals surface area contributed by atoms with Gasteiger partial charge in [-0.15, -0.1) is 0 Å². The summed E-state index contributed by atoms with van der Waals surface area (Å²) in [7, 11) is 4.40. The van der Waals surface area contributed by atoms with E-state index in [0.29, 0.717) is 0 Å². The molecule has 27 heavy (non-hydrogen) atoms. The Morgan fingerprint density at radius 3 is 2.15 bits per heavy atom. The molecule has 0 saturated heterocycles. The Morgan fingerprint density at radius 1 is 0.889 bits per heavy atom. The number of unbranched alkanes of at least 4 members (excludes halogenated alkanes) is 5. The van der Waals surface area contributed by atoms with Crippen LogP contribution >= 0.6 is 0 Å². The third-order valence-corrected chi connectivity index (χ3v) is 10.3. The van der Waals surface area contributed by atoms with E-state index in [0.717, 1.165) is 3.67 Å². The van der Waals surface area contributed by atoms with E-state index in [-0.39, 0.29) is 37.2 Å². The molecule has 1 aromatic rings. The third kappa shape index (κ3) is 18.4. The minimum Gasteiger partial charge on any atom is -1.00 e. The topological polar surface area (TPSA) is 3.24 Å². The van der Waals surface area contributed by atoms with Crippen LogP contribution in [0.2, 0.25) is 4.18 Å². The summed E-state index contributed by atoms with van der Waals surface area (Å²) in [5, 5.41) is 0. The predicted octanol–water partition coefficient (Wildman–Crippen LogP) is -2.50. The molecule has 155 valence electrons. The van der Waals surface area contributed by atoms with E-state index in [1.54, 1.807) is 5.56 Å². The van der Waals surface area contributed by atoms with E-state index >= 15 is 0 Å². The first-order valence-corrected chi connectivity index (χ1v) is 14.4. The number of nitrogens with zero attached hydrogens (tertiary/aromatic N) is 1. The maximum atomic E-state index is 2.45. The van der Waals surface area contributed by atoms with E-state index in [2.05, 4.69) is 68.4 Å². The van der Waals surface area contributed by atoms with E-state index in [1.807, 2.05) is 0 Å². The Morgan fingerprint density at radius 2 is 1.52 bits per heavy atom. The number of halogens is 3. The zero-order chi connectivity index (χ0) is 17.5. The third-order valence-electron chi connectivity index (χ3n) is 4.41. The molecule has 0 bridgehead atoms. The molecule has 1 unspecified atom stereocenters. The molecule has 0 heterocycles. The summed E-state index contributed by atoms with van der Waals surface area (Å²) in [6, 6.07) is 11.3. The van der Waals surface area contributed by atoms with Crippen molar-refractivity contribution in [1.82, 2.24) is 4.90 Å². The molecule has 0 saturated carbocycles. The maximum absolute atomic E-state index is 2.45. The van der Waals surface area contributed by atoms with Gasteiger partial charge in [-0.1, -0.05) is 0 Å². The summed E-state index contributed by atoms with van der Waals surface area (Å²) in [5.41, 5.74) is 1.60. The van der Waals surface area contributed by atoms with E-state index < -0.39 is 22.9 Å². The molecule has 0 aliphatic carbocycles. The minimum absolute atomic E-state index is 0. The second-order valence-electron chi connectivity index (χ2n) is 6.97. The average Bonchev–Trinajstić information content (AvgIpc) is 2.59. The van der Waals surface area contributed by atoms with Gasteiger partial charge < -0.3 is 37.2 Å². The predicted molar refractivity (Wildman–Crippen MR) is 104 cm³/mol. The summed E-state index contributed by atoms with van der Waals surface area (Å²) >= 11 is -0.582. The second-order valence-corrected chi connectivity index (χ2v) is 12.7. The Kier molecular flexibility index (Phi) is 27.5. The molecule has 0 fully saturated rings. The van der Waals surface area contributed by atoms with Gasteiger partial charge >= 0.3 is 163 Å². The summed E-state index contributed by atoms with van der Waals surface area (Å²) in [6.07, 6.45) is 15.7. The van der Waals surface area contributed by atoms with Crippen molar-refractivity contribution >= 4 is 0 Å². The monoisotopic (exact) mass is 600 g/mol. The fourth-order valence-electron chi connectivity index (χ4n) is 2.90. The van der Waals surface area contributed by atoms with Crippen LogP contribution in [0.15, 0.2) is 42.5 Å². The molecule has 1 atom stereocenters. The van der Waals surface area contributed by atoms with Crippen LogP contribution in [0.4, 0.5) is 0 Å². The molecule has 0 aromatic heterocycles. The molecule has 0 radical (unpaired) electrons. The molecular formula is C22H37Cl3HfN. The molecule has 1 aromatic carbocycles. The Balaban J connectivity index is -0.00000192. The zero-order valence-corrected chi connectivity index (χ0v) is 23.1. The number of hydrogen-bond donors (Lipinski definition) is 0. The standard InChI is InChI=1S/C18H27.C4H10N.3ClH.Hf/c1-2-3-4-5-6-7-8-9-10-12-15-18-16-13-11-14-17-18;1-4-5(2)3;;;;/h8-9,11,13-17H,2-7,10,12H2,1H3;1,4H2,2-3H3;3*1H;/q;;;;;+3/p-3. The van der Waals surface area contributed by atoms with Gasteiger partial charge in [0.25, 0.3) is 0 Å². The van der Waals surface area contributed by atoms with Gasteiger partial charge in [0.1, 0.15) is 0 Å². The van der Waals surface area contributed by atoms with Crippen LogP contribution in [0.3, 0.4) is 0 Å². The molecule has 0 aliphatic heterocycles. The molecule has 1 nitrogen and oxygen atoms in total. The first-order valence-electron chi connectivity index (χ1n) is 9.82. The molecule has 0 spiro atoms. The average molecular weight is 600 g/mol. The van der Waals surface area contributed by atoms with Crippen LogP contribution in [0.5, 0.6) is 0 Å². The molecule has 0 aliphatic rings. The zero-order valence-electron chi connectivity index (χ0n) is 17.3. The van der Waals surface area contributed by atoms with Gasteiger partial charge in [-0.2, -0.15) is 0 Å². The van der Waals surface area contributed by atoms with Gasteiger partial charge in [0.2, 0.25) is 0 Å². The van der Waals surface area contributed by atoms with Gasteiger partial charge in [-0.05, 0) is 0 Å². The second kappa shape index (κ2) is 22.9. The summed E-state index contributed by atoms with van der Waals surface area (Å²) in [6.45, 7) is 3.56. The Bertz CT molecular complexity index is 427. The van der Waals surface area contributed by atoms with E-state index in [1.165, 1.54) is 62.1 Å². The molecule has 1 rings (SSSR count). The van der Waals surface area contributed by atoms with Crippen LogP contribution in [0, 0.1) is 0 Å². The van der Waals surface area contributed by atoms with Crippen molar-refractivity contribution in [3.63, 3.8) is 0 Å². The van der Waals surface area contributed by atoms with Crippen molar-refractivity contribution in [2.45, 2.75) is 66.1 Å². The fraction of sp³-hybridized carbons (Fsp3) is 0.636. The van der Waals surface area contributed by atoms with Crippen molar-refractivity contribution in [2.75, 3.05) is 20.6 Å². The fourth-order valence-corrected chi connectivity index (χ4v) is 9.09. The normalized spacial score (nSPS) is 11.3. The molecule has 0 N–H and O–H groups in total. The van der Waals surface area contributed by atoms with Gasteiger partial charge in [0, 0.05) is 0 Å². The minimum atomic E-state index is -0.582. The smallest absolute Gasteiger partial charge is 1.00 e. The SMILES string of the molecule is CCCCCCCC=CCC[CH]([Hf+3][CH2]CN(C)C)c1ccccc1.[Cl-].[Cl-].[Cl-]. The van der Waals surface area contributed by atoms with Crippen molar-refractivity contribution in [3.8, 4) is 0 Å². The van der Waals surface area contributed by atoms with Crippen molar-refractivity contribution in [2.24, 2.45) is 0 Å². The van der Waals surface area contributed by atoms with E-state index in [9.17, 15) is 0 Å². The Hall–Kier alpha value is 0.660. The van der Waals surface area contributed by atoms with Gasteiger partial charge in [0.05, 0.1) is 0 Å². The molecule has 0 amide bonds. The summed E-state index contributed by atoms with van der Waals surface area (Å²) in [5.74, 6) is 0. The quantitative estimate of drug-likeness (QED) is 0.130. The van der Waals surface area contributed by atoms with Crippen LogP contribution in [-0.4, -0.2) is 25.5 Å². The van der Waals surface area contributed by atoms with Crippen LogP contribution in [0.25, 0.3) is 0 Å². The number of allylic oxidation sites excluding steroid dienone is 2. The van der Waals surface area contributed by atoms with Crippen LogP contribution < -0.4 is 37.2 Å². The van der Waals surface area contributed by atoms with Gasteiger partial charge in [-0.25, -0.2) is 0 Å². The van der Waals surface area contributed by atoms with Crippen molar-refractivity contribution in [3.05, 3.63) is 48.0 Å². The van der Waals surface area contributed by atoms with Gasteiger partial charge in [-0.3, -0.25) is 0 Å². The van der Waals surface area contributed by atoms with Crippen molar-refractivity contribution in [1.29, 1.82) is 0 Å². The number of hydrogen-bond acceptors (Lipinski definition) is 1.